The van der Waals surface area contributed by atoms with Gasteiger partial charge in [0.25, 0.3) is 6.43 Å². The Labute approximate surface area is 187 Å². The molecule has 0 aliphatic heterocycles. The summed E-state index contributed by atoms with van der Waals surface area (Å²) in [7, 11) is 0. The van der Waals surface area contributed by atoms with Gasteiger partial charge in [-0.05, 0) is 6.42 Å². The van der Waals surface area contributed by atoms with Crippen molar-refractivity contribution in [2.45, 2.75) is 32.7 Å². The number of allylic oxidation sites excluding steroid dienone is 1. The predicted octanol–water partition coefficient (Wildman–Crippen LogP) is 2.70. The van der Waals surface area contributed by atoms with Gasteiger partial charge >= 0.3 is 0 Å². The summed E-state index contributed by atoms with van der Waals surface area (Å²) >= 11 is 0. The Kier molecular flexibility index (Phi) is 6.40. The summed E-state index contributed by atoms with van der Waals surface area (Å²) in [6, 6.07) is 1.72. The third-order valence-corrected chi connectivity index (χ3v) is 4.68. The number of nitrogens with one attached hydrogen (secondary N) is 1. The van der Waals surface area contributed by atoms with Crippen LogP contribution in [0.25, 0.3) is 16.9 Å². The zero-order valence-corrected chi connectivity index (χ0v) is 17.8. The van der Waals surface area contributed by atoms with Crippen LogP contribution in [0.1, 0.15) is 19.8 Å². The molecule has 0 aliphatic rings. The summed E-state index contributed by atoms with van der Waals surface area (Å²) in [5.74, 6) is 6.71. The number of aromatic nitrogens is 7. The highest BCUT2D eigenvalue weighted by Gasteiger charge is 2.15. The molecule has 4 rings (SSSR count). The molecule has 13 heteroatoms. The first-order valence-corrected chi connectivity index (χ1v) is 10.2. The Hall–Kier alpha value is -4.13. The lowest BCUT2D eigenvalue weighted by Gasteiger charge is -2.20. The highest BCUT2D eigenvalue weighted by atomic mass is 19.3. The maximum atomic E-state index is 12.7. The van der Waals surface area contributed by atoms with Gasteiger partial charge in [0.05, 0.1) is 41.0 Å². The van der Waals surface area contributed by atoms with Gasteiger partial charge in [-0.15, -0.1) is 0 Å². The van der Waals surface area contributed by atoms with E-state index in [0.29, 0.717) is 40.6 Å². The molecule has 0 aromatic carbocycles. The van der Waals surface area contributed by atoms with Crippen molar-refractivity contribution in [1.82, 2.24) is 34.5 Å². The van der Waals surface area contributed by atoms with Gasteiger partial charge in [0.2, 0.25) is 0 Å². The molecule has 0 fully saturated rings. The van der Waals surface area contributed by atoms with E-state index in [2.05, 4.69) is 30.5 Å². The van der Waals surface area contributed by atoms with Crippen LogP contribution < -0.4 is 21.9 Å². The summed E-state index contributed by atoms with van der Waals surface area (Å²) < 4.78 is 28.1. The molecule has 4 heterocycles. The number of halogens is 2. The number of nitrogens with two attached hydrogens (primary N) is 2. The van der Waals surface area contributed by atoms with Crippen LogP contribution in [0.5, 0.6) is 0 Å². The maximum absolute atomic E-state index is 12.7. The number of nitrogens with zero attached hydrogens (tertiary/aromatic N) is 8. The zero-order valence-electron chi connectivity index (χ0n) is 17.8. The van der Waals surface area contributed by atoms with Gasteiger partial charge in [-0.2, -0.15) is 14.9 Å². The third-order valence-electron chi connectivity index (χ3n) is 4.68. The van der Waals surface area contributed by atoms with Gasteiger partial charge in [-0.3, -0.25) is 9.69 Å². The summed E-state index contributed by atoms with van der Waals surface area (Å²) in [5, 5.41) is 13.6. The molecule has 11 nitrogen and oxygen atoms in total. The van der Waals surface area contributed by atoms with Crippen molar-refractivity contribution in [2.75, 3.05) is 10.3 Å². The Morgan fingerprint density at radius 3 is 2.85 bits per heavy atom. The molecule has 4 aromatic rings. The minimum Gasteiger partial charge on any atom is -0.401 e. The van der Waals surface area contributed by atoms with Crippen molar-refractivity contribution in [3.63, 3.8) is 0 Å². The van der Waals surface area contributed by atoms with E-state index in [-0.39, 0.29) is 0 Å². The van der Waals surface area contributed by atoms with Crippen LogP contribution >= 0.6 is 0 Å². The number of rotatable bonds is 9. The molecule has 172 valence electrons. The molecule has 5 N–H and O–H groups in total. The largest absolute Gasteiger partial charge is 0.401 e. The first kappa shape index (κ1) is 22.1. The molecule has 0 saturated carbocycles. The molecule has 0 unspecified atom stereocenters. The van der Waals surface area contributed by atoms with E-state index in [1.807, 2.05) is 6.92 Å². The SMILES string of the molecule is CCC/C(N)=C/N(N)c1cnc(-n2ncc3cncnc32)cc1Nc1cnn(CC(F)F)c1. The van der Waals surface area contributed by atoms with Crippen molar-refractivity contribution in [1.29, 1.82) is 0 Å². The minimum absolute atomic E-state index is 0.467. The van der Waals surface area contributed by atoms with Crippen LogP contribution in [-0.4, -0.2) is 40.9 Å². The summed E-state index contributed by atoms with van der Waals surface area (Å²) in [6.45, 7) is 1.51. The maximum Gasteiger partial charge on any atom is 0.257 e. The van der Waals surface area contributed by atoms with E-state index in [9.17, 15) is 8.78 Å². The average molecular weight is 455 g/mol. The number of anilines is 3. The molecule has 0 atom stereocenters. The van der Waals surface area contributed by atoms with Crippen molar-refractivity contribution < 1.29 is 8.78 Å². The van der Waals surface area contributed by atoms with E-state index >= 15 is 0 Å². The van der Waals surface area contributed by atoms with Crippen molar-refractivity contribution in [3.8, 4) is 5.82 Å². The highest BCUT2D eigenvalue weighted by molar-refractivity contribution is 5.78. The second-order valence-electron chi connectivity index (χ2n) is 7.25. The fourth-order valence-corrected chi connectivity index (χ4v) is 3.23. The third kappa shape index (κ3) is 5.03. The van der Waals surface area contributed by atoms with Crippen LogP contribution in [0, 0.1) is 0 Å². The Bertz CT molecular complexity index is 1260. The lowest BCUT2D eigenvalue weighted by atomic mass is 10.2. The van der Waals surface area contributed by atoms with E-state index in [4.69, 9.17) is 11.6 Å². The lowest BCUT2D eigenvalue weighted by molar-refractivity contribution is 0.122. The molecule has 0 saturated heterocycles. The molecule has 0 radical (unpaired) electrons. The Morgan fingerprint density at radius 1 is 1.21 bits per heavy atom. The smallest absolute Gasteiger partial charge is 0.257 e. The average Bonchev–Trinajstić information content (AvgIpc) is 3.40. The molecular weight excluding hydrogens is 432 g/mol. The monoisotopic (exact) mass is 455 g/mol. The van der Waals surface area contributed by atoms with Crippen LogP contribution in [0.2, 0.25) is 0 Å². The number of pyridine rings is 1. The fraction of sp³-hybridized carbons (Fsp3) is 0.250. The summed E-state index contributed by atoms with van der Waals surface area (Å²) in [5.41, 5.74) is 8.76. The van der Waals surface area contributed by atoms with E-state index < -0.39 is 13.0 Å². The van der Waals surface area contributed by atoms with Crippen LogP contribution in [0.15, 0.2) is 55.3 Å². The topological polar surface area (TPSA) is 142 Å². The lowest BCUT2D eigenvalue weighted by Crippen LogP contribution is -2.27. The zero-order chi connectivity index (χ0) is 23.4. The molecule has 0 aliphatic carbocycles. The van der Waals surface area contributed by atoms with Crippen LogP contribution in [-0.2, 0) is 6.54 Å². The summed E-state index contributed by atoms with van der Waals surface area (Å²) in [4.78, 5) is 12.7. The van der Waals surface area contributed by atoms with Crippen LogP contribution in [0.3, 0.4) is 0 Å². The number of hydrogen-bond acceptors (Lipinski definition) is 9. The molecule has 0 bridgehead atoms. The van der Waals surface area contributed by atoms with E-state index in [1.54, 1.807) is 35.5 Å². The van der Waals surface area contributed by atoms with Gasteiger partial charge in [-0.25, -0.2) is 29.6 Å². The molecule has 4 aromatic heterocycles. The Balaban J connectivity index is 1.73. The first-order valence-electron chi connectivity index (χ1n) is 10.2. The molecular formula is C20H23F2N11. The van der Waals surface area contributed by atoms with Gasteiger partial charge in [0.1, 0.15) is 12.9 Å². The van der Waals surface area contributed by atoms with Gasteiger partial charge in [0, 0.05) is 30.4 Å². The molecule has 0 spiro atoms. The second kappa shape index (κ2) is 9.56. The van der Waals surface area contributed by atoms with Gasteiger partial charge < -0.3 is 11.1 Å². The normalized spacial score (nSPS) is 12.0. The van der Waals surface area contributed by atoms with Gasteiger partial charge in [0.15, 0.2) is 11.5 Å². The van der Waals surface area contributed by atoms with Crippen molar-refractivity contribution in [2.24, 2.45) is 11.6 Å². The van der Waals surface area contributed by atoms with E-state index in [0.717, 1.165) is 16.5 Å². The van der Waals surface area contributed by atoms with Crippen molar-refractivity contribution >= 4 is 28.1 Å². The second-order valence-corrected chi connectivity index (χ2v) is 7.25. The number of hydrogen-bond donors (Lipinski definition) is 3. The number of hydrazine groups is 1. The van der Waals surface area contributed by atoms with Crippen LogP contribution in [0.4, 0.5) is 25.8 Å². The number of fused-ring (bicyclic) bond motifs is 1. The summed E-state index contributed by atoms with van der Waals surface area (Å²) in [6.07, 6.45) is 9.86. The van der Waals surface area contributed by atoms with E-state index in [1.165, 1.54) is 23.7 Å². The molecule has 33 heavy (non-hydrogen) atoms. The predicted molar refractivity (Wildman–Crippen MR) is 120 cm³/mol. The Morgan fingerprint density at radius 2 is 2.06 bits per heavy atom. The first-order chi connectivity index (χ1) is 15.9. The fourth-order valence-electron chi connectivity index (χ4n) is 3.23. The molecule has 0 amide bonds. The van der Waals surface area contributed by atoms with Gasteiger partial charge in [-0.1, -0.05) is 13.3 Å². The standard InChI is InChI=1S/C20H23F2N11/c1-2-3-14(23)9-32(24)17-8-26-19(33-20-13(6-29-33)5-25-12-27-20)4-16(17)30-15-7-28-31(10-15)11-18(21)22/h4-10,12,18H,2-3,11,23-24H2,1H3,(H,26,30)/b14-9-. The van der Waals surface area contributed by atoms with Crippen molar-refractivity contribution in [3.05, 3.63) is 55.3 Å². The highest BCUT2D eigenvalue weighted by Crippen LogP contribution is 2.30. The number of alkyl halides is 2. The quantitative estimate of drug-likeness (QED) is 0.256. The minimum atomic E-state index is -2.51.